The summed E-state index contributed by atoms with van der Waals surface area (Å²) in [6, 6.07) is 6.29. The monoisotopic (exact) mass is 209 g/mol. The Morgan fingerprint density at radius 1 is 1.20 bits per heavy atom. The summed E-state index contributed by atoms with van der Waals surface area (Å²) in [4.78, 5) is 21.3. The van der Waals surface area contributed by atoms with Crippen LogP contribution in [0.5, 0.6) is 5.75 Å². The summed E-state index contributed by atoms with van der Waals surface area (Å²) in [5.41, 5.74) is 6.01. The molecule has 1 aromatic carbocycles. The van der Waals surface area contributed by atoms with Crippen LogP contribution in [0.1, 0.15) is 12.8 Å². The molecule has 1 aromatic rings. The third-order valence-corrected chi connectivity index (χ3v) is 1.65. The van der Waals surface area contributed by atoms with Gasteiger partial charge in [-0.15, -0.1) is 0 Å². The standard InChI is InChI=1S/C10H11NO4/c11-7-1-3-8(4-2-7)15-10(14)6-5-9(12)13/h1-4H,5-6,11H2,(H,12,13). The lowest BCUT2D eigenvalue weighted by molar-refractivity contribution is -0.142. The maximum Gasteiger partial charge on any atom is 0.311 e. The summed E-state index contributed by atoms with van der Waals surface area (Å²) in [7, 11) is 0. The number of anilines is 1. The van der Waals surface area contributed by atoms with Gasteiger partial charge in [-0.2, -0.15) is 0 Å². The smallest absolute Gasteiger partial charge is 0.311 e. The third kappa shape index (κ3) is 4.12. The van der Waals surface area contributed by atoms with Crippen LogP contribution in [0.25, 0.3) is 0 Å². The van der Waals surface area contributed by atoms with Crippen molar-refractivity contribution in [2.75, 3.05) is 5.73 Å². The third-order valence-electron chi connectivity index (χ3n) is 1.65. The van der Waals surface area contributed by atoms with Gasteiger partial charge >= 0.3 is 11.9 Å². The number of ether oxygens (including phenoxy) is 1. The molecular weight excluding hydrogens is 198 g/mol. The van der Waals surface area contributed by atoms with Crippen molar-refractivity contribution in [3.63, 3.8) is 0 Å². The van der Waals surface area contributed by atoms with Crippen LogP contribution in [-0.4, -0.2) is 17.0 Å². The minimum absolute atomic E-state index is 0.139. The van der Waals surface area contributed by atoms with Crippen LogP contribution >= 0.6 is 0 Å². The Balaban J connectivity index is 2.44. The van der Waals surface area contributed by atoms with Gasteiger partial charge in [0.15, 0.2) is 0 Å². The van der Waals surface area contributed by atoms with Crippen LogP contribution in [0, 0.1) is 0 Å². The highest BCUT2D eigenvalue weighted by Gasteiger charge is 2.07. The highest BCUT2D eigenvalue weighted by Crippen LogP contribution is 2.13. The zero-order chi connectivity index (χ0) is 11.3. The molecule has 1 rings (SSSR count). The quantitative estimate of drug-likeness (QED) is 0.439. The second-order valence-corrected chi connectivity index (χ2v) is 2.94. The first kappa shape index (κ1) is 11.0. The van der Waals surface area contributed by atoms with Gasteiger partial charge in [-0.1, -0.05) is 0 Å². The maximum atomic E-state index is 11.1. The molecule has 0 spiro atoms. The van der Waals surface area contributed by atoms with E-state index in [0.29, 0.717) is 11.4 Å². The van der Waals surface area contributed by atoms with E-state index in [9.17, 15) is 9.59 Å². The highest BCUT2D eigenvalue weighted by molar-refractivity contribution is 5.78. The van der Waals surface area contributed by atoms with E-state index in [2.05, 4.69) is 0 Å². The number of hydrogen-bond acceptors (Lipinski definition) is 4. The lowest BCUT2D eigenvalue weighted by atomic mass is 10.3. The van der Waals surface area contributed by atoms with E-state index in [0.717, 1.165) is 0 Å². The predicted octanol–water partition coefficient (Wildman–Crippen LogP) is 1.04. The topological polar surface area (TPSA) is 89.6 Å². The summed E-state index contributed by atoms with van der Waals surface area (Å²) < 4.78 is 4.86. The average Bonchev–Trinajstić information content (AvgIpc) is 2.19. The number of benzene rings is 1. The van der Waals surface area contributed by atoms with Crippen LogP contribution in [-0.2, 0) is 9.59 Å². The first-order valence-corrected chi connectivity index (χ1v) is 4.36. The number of carbonyl (C=O) groups is 2. The Hall–Kier alpha value is -2.04. The number of carbonyl (C=O) groups excluding carboxylic acids is 1. The van der Waals surface area contributed by atoms with Crippen molar-refractivity contribution in [2.45, 2.75) is 12.8 Å². The molecule has 0 saturated carbocycles. The normalized spacial score (nSPS) is 9.60. The number of aliphatic carboxylic acids is 1. The molecule has 0 aromatic heterocycles. The first-order valence-electron chi connectivity index (χ1n) is 4.36. The zero-order valence-corrected chi connectivity index (χ0v) is 7.97. The number of hydrogen-bond donors (Lipinski definition) is 2. The van der Waals surface area contributed by atoms with E-state index < -0.39 is 11.9 Å². The van der Waals surface area contributed by atoms with Crippen molar-refractivity contribution >= 4 is 17.6 Å². The Labute approximate surface area is 86.5 Å². The van der Waals surface area contributed by atoms with E-state index in [-0.39, 0.29) is 12.8 Å². The van der Waals surface area contributed by atoms with Crippen LogP contribution in [0.15, 0.2) is 24.3 Å². The summed E-state index contributed by atoms with van der Waals surface area (Å²) >= 11 is 0. The van der Waals surface area contributed by atoms with E-state index in [4.69, 9.17) is 15.6 Å². The first-order chi connectivity index (χ1) is 7.08. The Bertz CT molecular complexity index is 358. The maximum absolute atomic E-state index is 11.1. The van der Waals surface area contributed by atoms with Crippen molar-refractivity contribution in [1.29, 1.82) is 0 Å². The van der Waals surface area contributed by atoms with Gasteiger partial charge in [0.25, 0.3) is 0 Å². The highest BCUT2D eigenvalue weighted by atomic mass is 16.5. The molecule has 0 unspecified atom stereocenters. The minimum Gasteiger partial charge on any atom is -0.481 e. The van der Waals surface area contributed by atoms with Crippen molar-refractivity contribution in [1.82, 2.24) is 0 Å². The molecule has 0 fully saturated rings. The van der Waals surface area contributed by atoms with Gasteiger partial charge in [0.2, 0.25) is 0 Å². The number of esters is 1. The lowest BCUT2D eigenvalue weighted by Crippen LogP contribution is -2.10. The molecule has 0 radical (unpaired) electrons. The molecule has 0 aliphatic heterocycles. The second kappa shape index (κ2) is 4.99. The molecular formula is C10H11NO4. The summed E-state index contributed by atoms with van der Waals surface area (Å²) in [5, 5.41) is 8.34. The van der Waals surface area contributed by atoms with Gasteiger partial charge in [-0.25, -0.2) is 0 Å². The van der Waals surface area contributed by atoms with Gasteiger partial charge in [0, 0.05) is 5.69 Å². The number of nitrogen functional groups attached to an aromatic ring is 1. The van der Waals surface area contributed by atoms with E-state index >= 15 is 0 Å². The Morgan fingerprint density at radius 2 is 1.80 bits per heavy atom. The van der Waals surface area contributed by atoms with E-state index in [1.165, 1.54) is 0 Å². The fourth-order valence-corrected chi connectivity index (χ4v) is 0.927. The number of rotatable bonds is 4. The fraction of sp³-hybridized carbons (Fsp3) is 0.200. The molecule has 3 N–H and O–H groups in total. The van der Waals surface area contributed by atoms with Crippen molar-refractivity contribution < 1.29 is 19.4 Å². The largest absolute Gasteiger partial charge is 0.481 e. The van der Waals surface area contributed by atoms with Crippen LogP contribution in [0.4, 0.5) is 5.69 Å². The zero-order valence-electron chi connectivity index (χ0n) is 7.97. The molecule has 80 valence electrons. The number of carboxylic acid groups (broad SMARTS) is 1. The summed E-state index contributed by atoms with van der Waals surface area (Å²) in [5.74, 6) is -1.23. The van der Waals surface area contributed by atoms with Gasteiger partial charge in [-0.3, -0.25) is 9.59 Å². The molecule has 0 saturated heterocycles. The van der Waals surface area contributed by atoms with Gasteiger partial charge in [0.05, 0.1) is 12.8 Å². The van der Waals surface area contributed by atoms with Gasteiger partial charge in [-0.05, 0) is 24.3 Å². The van der Waals surface area contributed by atoms with Crippen molar-refractivity contribution in [3.8, 4) is 5.75 Å². The molecule has 0 heterocycles. The summed E-state index contributed by atoms with van der Waals surface area (Å²) in [6.45, 7) is 0. The predicted molar refractivity (Wildman–Crippen MR) is 53.4 cm³/mol. The van der Waals surface area contributed by atoms with E-state index in [1.807, 2.05) is 0 Å². The Kier molecular flexibility index (Phi) is 3.68. The van der Waals surface area contributed by atoms with Crippen LogP contribution < -0.4 is 10.5 Å². The number of nitrogens with two attached hydrogens (primary N) is 1. The summed E-state index contributed by atoms with van der Waals surface area (Å²) in [6.07, 6.45) is -0.368. The molecule has 0 aliphatic rings. The fourth-order valence-electron chi connectivity index (χ4n) is 0.927. The number of carboxylic acids is 1. The average molecular weight is 209 g/mol. The SMILES string of the molecule is Nc1ccc(OC(=O)CCC(=O)O)cc1. The van der Waals surface area contributed by atoms with Crippen molar-refractivity contribution in [2.24, 2.45) is 0 Å². The molecule has 0 atom stereocenters. The lowest BCUT2D eigenvalue weighted by Gasteiger charge is -2.02. The van der Waals surface area contributed by atoms with Gasteiger partial charge in [0.1, 0.15) is 5.75 Å². The molecule has 15 heavy (non-hydrogen) atoms. The molecule has 0 bridgehead atoms. The molecule has 0 aliphatic carbocycles. The van der Waals surface area contributed by atoms with E-state index in [1.54, 1.807) is 24.3 Å². The molecule has 0 amide bonds. The molecule has 5 nitrogen and oxygen atoms in total. The minimum atomic E-state index is -1.02. The Morgan fingerprint density at radius 3 is 2.33 bits per heavy atom. The van der Waals surface area contributed by atoms with Gasteiger partial charge < -0.3 is 15.6 Å². The van der Waals surface area contributed by atoms with Crippen molar-refractivity contribution in [3.05, 3.63) is 24.3 Å². The molecule has 5 heteroatoms. The second-order valence-electron chi connectivity index (χ2n) is 2.94. The van der Waals surface area contributed by atoms with Crippen LogP contribution in [0.2, 0.25) is 0 Å². The van der Waals surface area contributed by atoms with Crippen LogP contribution in [0.3, 0.4) is 0 Å².